The molecule has 1 unspecified atom stereocenters. The molecule has 7 nitrogen and oxygen atoms in total. The molecule has 1 N–H and O–H groups in total. The summed E-state index contributed by atoms with van der Waals surface area (Å²) >= 11 is 0. The van der Waals surface area contributed by atoms with E-state index in [2.05, 4.69) is 15.0 Å². The van der Waals surface area contributed by atoms with Crippen molar-refractivity contribution in [2.75, 3.05) is 13.1 Å². The van der Waals surface area contributed by atoms with E-state index in [-0.39, 0.29) is 16.9 Å². The second kappa shape index (κ2) is 7.41. The third kappa shape index (κ3) is 3.34. The van der Waals surface area contributed by atoms with Crippen LogP contribution in [0.25, 0.3) is 11.4 Å². The zero-order valence-electron chi connectivity index (χ0n) is 17.8. The van der Waals surface area contributed by atoms with Crippen molar-refractivity contribution in [1.29, 1.82) is 0 Å². The highest BCUT2D eigenvalue weighted by atomic mass is 16.2. The van der Waals surface area contributed by atoms with Gasteiger partial charge in [-0.25, -0.2) is 4.98 Å². The average Bonchev–Trinajstić information content (AvgIpc) is 3.12. The highest BCUT2D eigenvalue weighted by Crippen LogP contribution is 2.43. The monoisotopic (exact) mass is 415 g/mol. The van der Waals surface area contributed by atoms with Gasteiger partial charge in [0.2, 0.25) is 0 Å². The number of carbonyl (C=O) groups is 1. The number of amides is 1. The summed E-state index contributed by atoms with van der Waals surface area (Å²) in [5, 5.41) is 0. The summed E-state index contributed by atoms with van der Waals surface area (Å²) in [6, 6.07) is 7.47. The normalized spacial score (nSPS) is 20.1. The van der Waals surface area contributed by atoms with Crippen molar-refractivity contribution in [3.05, 3.63) is 75.2 Å². The molecular formula is C24H25N5O2. The largest absolute Gasteiger partial charge is 0.338 e. The van der Waals surface area contributed by atoms with E-state index in [1.165, 1.54) is 0 Å². The van der Waals surface area contributed by atoms with E-state index in [9.17, 15) is 9.59 Å². The highest BCUT2D eigenvalue weighted by Gasteiger charge is 2.46. The van der Waals surface area contributed by atoms with Crippen LogP contribution in [0.5, 0.6) is 0 Å². The standard InChI is InChI=1S/C24H25N5O2/c1-15-6-7-18(16(2)26-15)23(31)29-12-4-9-24(14-29)10-8-19-20(24)27-21(28-22(19)30)17-5-3-11-25-13-17/h3,5-7,11,13H,4,8-10,12,14H2,1-2H3,(H,27,28,30). The van der Waals surface area contributed by atoms with Crippen molar-refractivity contribution in [2.24, 2.45) is 0 Å². The molecule has 3 aromatic rings. The number of aryl methyl sites for hydroxylation is 2. The van der Waals surface area contributed by atoms with Crippen molar-refractivity contribution >= 4 is 5.91 Å². The van der Waals surface area contributed by atoms with Gasteiger partial charge < -0.3 is 9.88 Å². The van der Waals surface area contributed by atoms with Crippen LogP contribution in [0.4, 0.5) is 0 Å². The second-order valence-electron chi connectivity index (χ2n) is 8.68. The molecular weight excluding hydrogens is 390 g/mol. The summed E-state index contributed by atoms with van der Waals surface area (Å²) in [5.74, 6) is 0.551. The molecule has 0 saturated carbocycles. The lowest BCUT2D eigenvalue weighted by Crippen LogP contribution is -2.48. The van der Waals surface area contributed by atoms with Crippen LogP contribution in [-0.2, 0) is 11.8 Å². The van der Waals surface area contributed by atoms with E-state index >= 15 is 0 Å². The Morgan fingerprint density at radius 3 is 2.81 bits per heavy atom. The molecule has 0 radical (unpaired) electrons. The van der Waals surface area contributed by atoms with Crippen LogP contribution >= 0.6 is 0 Å². The Labute approximate surface area is 180 Å². The van der Waals surface area contributed by atoms with E-state index in [1.807, 2.05) is 43.0 Å². The Morgan fingerprint density at radius 2 is 2.03 bits per heavy atom. The van der Waals surface area contributed by atoms with Crippen LogP contribution in [0.2, 0.25) is 0 Å². The fourth-order valence-electron chi connectivity index (χ4n) is 5.08. The maximum Gasteiger partial charge on any atom is 0.255 e. The number of nitrogens with one attached hydrogen (secondary N) is 1. The summed E-state index contributed by atoms with van der Waals surface area (Å²) in [6.45, 7) is 5.10. The van der Waals surface area contributed by atoms with Gasteiger partial charge in [-0.15, -0.1) is 0 Å². The first-order valence-corrected chi connectivity index (χ1v) is 10.7. The van der Waals surface area contributed by atoms with Gasteiger partial charge in [-0.1, -0.05) is 0 Å². The lowest BCUT2D eigenvalue weighted by atomic mass is 9.77. The Balaban J connectivity index is 1.51. The molecule has 31 heavy (non-hydrogen) atoms. The summed E-state index contributed by atoms with van der Waals surface area (Å²) in [4.78, 5) is 44.5. The Morgan fingerprint density at radius 1 is 1.16 bits per heavy atom. The molecule has 5 rings (SSSR count). The number of hydrogen-bond acceptors (Lipinski definition) is 5. The maximum atomic E-state index is 13.3. The van der Waals surface area contributed by atoms with Crippen molar-refractivity contribution < 1.29 is 4.79 Å². The number of aromatic nitrogens is 4. The molecule has 0 bridgehead atoms. The van der Waals surface area contributed by atoms with Crippen molar-refractivity contribution in [2.45, 2.75) is 44.9 Å². The topological polar surface area (TPSA) is 91.8 Å². The van der Waals surface area contributed by atoms with Gasteiger partial charge in [-0.2, -0.15) is 0 Å². The number of pyridine rings is 2. The number of H-pyrrole nitrogens is 1. The Hall–Kier alpha value is -3.35. The second-order valence-corrected chi connectivity index (χ2v) is 8.68. The van der Waals surface area contributed by atoms with Crippen LogP contribution in [0.15, 0.2) is 41.5 Å². The number of rotatable bonds is 2. The number of carbonyl (C=O) groups excluding carboxylic acids is 1. The number of aromatic amines is 1. The Bertz CT molecular complexity index is 1220. The van der Waals surface area contributed by atoms with E-state index < -0.39 is 0 Å². The van der Waals surface area contributed by atoms with Gasteiger partial charge in [0.05, 0.1) is 17.0 Å². The lowest BCUT2D eigenvalue weighted by molar-refractivity contribution is 0.0632. The smallest absolute Gasteiger partial charge is 0.255 e. The molecule has 1 aliphatic heterocycles. The highest BCUT2D eigenvalue weighted by molar-refractivity contribution is 5.95. The molecule has 1 spiro atoms. The zero-order valence-corrected chi connectivity index (χ0v) is 17.8. The average molecular weight is 415 g/mol. The fraction of sp³-hybridized carbons (Fsp3) is 0.375. The van der Waals surface area contributed by atoms with Crippen molar-refractivity contribution in [3.63, 3.8) is 0 Å². The predicted octanol–water partition coefficient (Wildman–Crippen LogP) is 2.96. The molecule has 1 amide bonds. The molecule has 4 heterocycles. The predicted molar refractivity (Wildman–Crippen MR) is 117 cm³/mol. The van der Waals surface area contributed by atoms with E-state index in [1.54, 1.807) is 12.4 Å². The van der Waals surface area contributed by atoms with E-state index in [4.69, 9.17) is 4.98 Å². The summed E-state index contributed by atoms with van der Waals surface area (Å²) in [7, 11) is 0. The number of hydrogen-bond donors (Lipinski definition) is 1. The summed E-state index contributed by atoms with van der Waals surface area (Å²) in [6.07, 6.45) is 6.75. The molecule has 2 aliphatic rings. The van der Waals surface area contributed by atoms with Crippen LogP contribution in [0.1, 0.15) is 52.3 Å². The maximum absolute atomic E-state index is 13.3. The van der Waals surface area contributed by atoms with Crippen LogP contribution in [-0.4, -0.2) is 43.8 Å². The Kier molecular flexibility index (Phi) is 4.68. The third-order valence-electron chi connectivity index (χ3n) is 6.63. The number of likely N-dealkylation sites (tertiary alicyclic amines) is 1. The van der Waals surface area contributed by atoms with Gasteiger partial charge in [0, 0.05) is 47.7 Å². The molecule has 3 aromatic heterocycles. The number of piperidine rings is 1. The van der Waals surface area contributed by atoms with Gasteiger partial charge in [0.1, 0.15) is 5.82 Å². The van der Waals surface area contributed by atoms with Gasteiger partial charge in [-0.05, 0) is 63.8 Å². The van der Waals surface area contributed by atoms with Crippen molar-refractivity contribution in [1.82, 2.24) is 24.8 Å². The first-order valence-electron chi connectivity index (χ1n) is 10.7. The van der Waals surface area contributed by atoms with Crippen LogP contribution in [0, 0.1) is 13.8 Å². The number of nitrogens with zero attached hydrogens (tertiary/aromatic N) is 4. The lowest BCUT2D eigenvalue weighted by Gasteiger charge is -2.40. The molecule has 1 aliphatic carbocycles. The number of fused-ring (bicyclic) bond motifs is 2. The van der Waals surface area contributed by atoms with Crippen LogP contribution < -0.4 is 5.56 Å². The first-order chi connectivity index (χ1) is 15.0. The molecule has 1 fully saturated rings. The van der Waals surface area contributed by atoms with E-state index in [0.717, 1.165) is 47.5 Å². The minimum atomic E-state index is -0.277. The summed E-state index contributed by atoms with van der Waals surface area (Å²) < 4.78 is 0. The molecule has 0 aromatic carbocycles. The van der Waals surface area contributed by atoms with Gasteiger partial charge >= 0.3 is 0 Å². The first kappa shape index (κ1) is 19.6. The molecule has 7 heteroatoms. The van der Waals surface area contributed by atoms with Crippen LogP contribution in [0.3, 0.4) is 0 Å². The van der Waals surface area contributed by atoms with Gasteiger partial charge in [-0.3, -0.25) is 19.6 Å². The molecule has 1 atom stereocenters. The van der Waals surface area contributed by atoms with E-state index in [0.29, 0.717) is 30.9 Å². The minimum absolute atomic E-state index is 0.00912. The quantitative estimate of drug-likeness (QED) is 0.695. The zero-order chi connectivity index (χ0) is 21.6. The van der Waals surface area contributed by atoms with Crippen molar-refractivity contribution in [3.8, 4) is 11.4 Å². The van der Waals surface area contributed by atoms with Gasteiger partial charge in [0.15, 0.2) is 0 Å². The minimum Gasteiger partial charge on any atom is -0.338 e. The molecule has 158 valence electrons. The van der Waals surface area contributed by atoms with Gasteiger partial charge in [0.25, 0.3) is 11.5 Å². The third-order valence-corrected chi connectivity index (χ3v) is 6.63. The summed E-state index contributed by atoms with van der Waals surface area (Å²) in [5.41, 5.74) is 4.35. The SMILES string of the molecule is Cc1ccc(C(=O)N2CCCC3(CCc4c3nc(-c3cccnc3)[nH]c4=O)C2)c(C)n1. The molecule has 1 saturated heterocycles. The fourth-order valence-corrected chi connectivity index (χ4v) is 5.08.